The number of hydrogen-bond donors (Lipinski definition) is 2. The van der Waals surface area contributed by atoms with E-state index in [4.69, 9.17) is 9.66 Å². The number of carbonyl (C=O) groups is 1. The molecule has 0 aliphatic heterocycles. The van der Waals surface area contributed by atoms with Gasteiger partial charge < -0.3 is 9.59 Å². The highest BCUT2D eigenvalue weighted by Crippen LogP contribution is 2.07. The Labute approximate surface area is 89.2 Å². The van der Waals surface area contributed by atoms with Gasteiger partial charge in [0.15, 0.2) is 0 Å². The number of rotatable bonds is 5. The summed E-state index contributed by atoms with van der Waals surface area (Å²) in [5.74, 6) is -1.33. The SMILES string of the molecule is C[N+](C)(C)CCC(=CS(=O)(=O)O)C(=O)O. The van der Waals surface area contributed by atoms with Gasteiger partial charge in [0.25, 0.3) is 10.1 Å². The minimum absolute atomic E-state index is 0.0820. The molecule has 0 unspecified atom stereocenters. The maximum atomic E-state index is 10.6. The fourth-order valence-electron chi connectivity index (χ4n) is 0.852. The molecule has 0 aromatic carbocycles. The lowest BCUT2D eigenvalue weighted by Crippen LogP contribution is -2.35. The smallest absolute Gasteiger partial charge is 0.332 e. The molecule has 0 fully saturated rings. The zero-order valence-electron chi connectivity index (χ0n) is 8.97. The van der Waals surface area contributed by atoms with Gasteiger partial charge in [0.05, 0.1) is 38.7 Å². The van der Waals surface area contributed by atoms with Crippen molar-refractivity contribution in [3.8, 4) is 0 Å². The summed E-state index contributed by atoms with van der Waals surface area (Å²) in [6, 6.07) is 0. The molecule has 15 heavy (non-hydrogen) atoms. The van der Waals surface area contributed by atoms with Crippen molar-refractivity contribution in [2.75, 3.05) is 27.7 Å². The van der Waals surface area contributed by atoms with E-state index in [-0.39, 0.29) is 12.0 Å². The van der Waals surface area contributed by atoms with E-state index in [1.54, 1.807) is 0 Å². The van der Waals surface area contributed by atoms with Crippen LogP contribution in [0.25, 0.3) is 0 Å². The zero-order chi connectivity index (χ0) is 12.3. The van der Waals surface area contributed by atoms with Crippen molar-refractivity contribution in [3.05, 3.63) is 11.0 Å². The summed E-state index contributed by atoms with van der Waals surface area (Å²) in [6.07, 6.45) is 0.0820. The summed E-state index contributed by atoms with van der Waals surface area (Å²) in [6.45, 7) is 0.466. The minimum atomic E-state index is -4.39. The molecular formula is C8H16NO5S+. The number of hydrogen-bond acceptors (Lipinski definition) is 3. The first kappa shape index (κ1) is 14.1. The van der Waals surface area contributed by atoms with E-state index in [9.17, 15) is 13.2 Å². The van der Waals surface area contributed by atoms with E-state index < -0.39 is 16.1 Å². The Morgan fingerprint density at radius 3 is 2.07 bits per heavy atom. The molecule has 0 saturated carbocycles. The number of nitrogens with zero attached hydrogens (tertiary/aromatic N) is 1. The summed E-state index contributed by atoms with van der Waals surface area (Å²) >= 11 is 0. The molecule has 6 nitrogen and oxygen atoms in total. The van der Waals surface area contributed by atoms with E-state index in [2.05, 4.69) is 0 Å². The molecule has 2 N–H and O–H groups in total. The average Bonchev–Trinajstić information content (AvgIpc) is 1.93. The first-order valence-corrected chi connectivity index (χ1v) is 5.73. The maximum absolute atomic E-state index is 10.6. The first-order valence-electron chi connectivity index (χ1n) is 4.23. The Balaban J connectivity index is 4.74. The molecule has 0 rings (SSSR count). The second-order valence-electron chi connectivity index (χ2n) is 4.23. The van der Waals surface area contributed by atoms with Gasteiger partial charge in [-0.25, -0.2) is 4.79 Å². The highest BCUT2D eigenvalue weighted by atomic mass is 32.2. The van der Waals surface area contributed by atoms with Gasteiger partial charge in [-0.05, 0) is 0 Å². The molecule has 0 bridgehead atoms. The second kappa shape index (κ2) is 4.73. The lowest BCUT2D eigenvalue weighted by Gasteiger charge is -2.23. The van der Waals surface area contributed by atoms with Crippen LogP contribution in [0.2, 0.25) is 0 Å². The zero-order valence-corrected chi connectivity index (χ0v) is 9.78. The molecule has 0 spiro atoms. The Morgan fingerprint density at radius 2 is 1.80 bits per heavy atom. The van der Waals surface area contributed by atoms with E-state index in [1.165, 1.54) is 0 Å². The van der Waals surface area contributed by atoms with Gasteiger partial charge in [0.2, 0.25) is 0 Å². The van der Waals surface area contributed by atoms with Crippen LogP contribution >= 0.6 is 0 Å². The van der Waals surface area contributed by atoms with Gasteiger partial charge in [-0.3, -0.25) is 4.55 Å². The van der Waals surface area contributed by atoms with Crippen LogP contribution in [0.1, 0.15) is 6.42 Å². The van der Waals surface area contributed by atoms with Crippen LogP contribution in [0.4, 0.5) is 0 Å². The van der Waals surface area contributed by atoms with Gasteiger partial charge in [-0.2, -0.15) is 8.42 Å². The Hall–Kier alpha value is -0.920. The van der Waals surface area contributed by atoms with Crippen molar-refractivity contribution >= 4 is 16.1 Å². The molecule has 0 aromatic rings. The Morgan fingerprint density at radius 1 is 1.33 bits per heavy atom. The van der Waals surface area contributed by atoms with Crippen molar-refractivity contribution in [1.29, 1.82) is 0 Å². The van der Waals surface area contributed by atoms with Gasteiger partial charge in [-0.1, -0.05) is 0 Å². The Bertz CT molecular complexity index is 363. The molecule has 0 heterocycles. The molecule has 0 aliphatic rings. The predicted molar refractivity (Wildman–Crippen MR) is 54.8 cm³/mol. The van der Waals surface area contributed by atoms with E-state index in [0.29, 0.717) is 16.4 Å². The van der Waals surface area contributed by atoms with Crippen LogP contribution in [-0.4, -0.2) is 56.2 Å². The van der Waals surface area contributed by atoms with Crippen LogP contribution in [0.3, 0.4) is 0 Å². The van der Waals surface area contributed by atoms with Crippen LogP contribution in [0.5, 0.6) is 0 Å². The minimum Gasteiger partial charge on any atom is -0.478 e. The molecule has 0 amide bonds. The summed E-state index contributed by atoms with van der Waals surface area (Å²) in [5, 5.41) is 9.06. The van der Waals surface area contributed by atoms with Crippen molar-refractivity contribution in [2.24, 2.45) is 0 Å². The monoisotopic (exact) mass is 238 g/mol. The topological polar surface area (TPSA) is 91.7 Å². The van der Waals surface area contributed by atoms with Crippen molar-refractivity contribution < 1.29 is 27.4 Å². The van der Waals surface area contributed by atoms with E-state index >= 15 is 0 Å². The fourth-order valence-corrected chi connectivity index (χ4v) is 1.43. The molecule has 0 radical (unpaired) electrons. The van der Waals surface area contributed by atoms with E-state index in [1.807, 2.05) is 21.1 Å². The molecule has 0 aromatic heterocycles. The van der Waals surface area contributed by atoms with Gasteiger partial charge >= 0.3 is 5.97 Å². The summed E-state index contributed by atoms with van der Waals surface area (Å²) in [5.41, 5.74) is -0.314. The van der Waals surface area contributed by atoms with E-state index in [0.717, 1.165) is 0 Å². The maximum Gasteiger partial charge on any atom is 0.332 e. The third kappa shape index (κ3) is 8.10. The van der Waals surface area contributed by atoms with Crippen molar-refractivity contribution in [3.63, 3.8) is 0 Å². The van der Waals surface area contributed by atoms with Crippen LogP contribution < -0.4 is 0 Å². The van der Waals surface area contributed by atoms with Gasteiger partial charge in [0, 0.05) is 6.42 Å². The number of quaternary nitrogens is 1. The lowest BCUT2D eigenvalue weighted by molar-refractivity contribution is -0.870. The normalized spacial score (nSPS) is 14.0. The van der Waals surface area contributed by atoms with Crippen LogP contribution in [0, 0.1) is 0 Å². The number of aliphatic carboxylic acids is 1. The van der Waals surface area contributed by atoms with Gasteiger partial charge in [-0.15, -0.1) is 0 Å². The van der Waals surface area contributed by atoms with Crippen molar-refractivity contribution in [1.82, 2.24) is 0 Å². The second-order valence-corrected chi connectivity index (χ2v) is 5.49. The average molecular weight is 238 g/mol. The lowest BCUT2D eigenvalue weighted by atomic mass is 10.2. The van der Waals surface area contributed by atoms with Gasteiger partial charge in [0.1, 0.15) is 0 Å². The highest BCUT2D eigenvalue weighted by Gasteiger charge is 2.16. The third-order valence-electron chi connectivity index (χ3n) is 1.62. The first-order chi connectivity index (χ1) is 6.51. The highest BCUT2D eigenvalue weighted by molar-refractivity contribution is 7.88. The van der Waals surface area contributed by atoms with Crippen molar-refractivity contribution in [2.45, 2.75) is 6.42 Å². The molecule has 88 valence electrons. The molecule has 0 atom stereocenters. The molecule has 0 aliphatic carbocycles. The standard InChI is InChI=1S/C8H15NO5S/c1-9(2,3)5-4-7(8(10)11)6-15(12,13)14/h6H,4-5H2,1-3H3,(H-,10,11,12,13,14)/p+1. The molecule has 0 saturated heterocycles. The number of carboxylic acids is 1. The molecule has 7 heteroatoms. The predicted octanol–water partition coefficient (Wildman–Crippen LogP) is -0.0610. The quantitative estimate of drug-likeness (QED) is 0.397. The summed E-state index contributed by atoms with van der Waals surface area (Å²) in [4.78, 5) is 10.6. The number of carboxylic acid groups (broad SMARTS) is 1. The van der Waals surface area contributed by atoms with Crippen LogP contribution in [0.15, 0.2) is 11.0 Å². The third-order valence-corrected chi connectivity index (χ3v) is 2.20. The molecular weight excluding hydrogens is 222 g/mol. The van der Waals surface area contributed by atoms with Crippen LogP contribution in [-0.2, 0) is 14.9 Å². The summed E-state index contributed by atoms with van der Waals surface area (Å²) < 4.78 is 30.0. The summed E-state index contributed by atoms with van der Waals surface area (Å²) in [7, 11) is 1.18. The fraction of sp³-hybridized carbons (Fsp3) is 0.625. The largest absolute Gasteiger partial charge is 0.478 e. The Kier molecular flexibility index (Phi) is 4.44.